The monoisotopic (exact) mass is 345 g/mol. The first kappa shape index (κ1) is 18.6. The molecular formula is C19H23NO5. The molecule has 0 saturated carbocycles. The predicted octanol–water partition coefficient (Wildman–Crippen LogP) is 2.80. The highest BCUT2D eigenvalue weighted by atomic mass is 16.5. The van der Waals surface area contributed by atoms with Crippen LogP contribution >= 0.6 is 0 Å². The lowest BCUT2D eigenvalue weighted by Crippen LogP contribution is -2.28. The molecule has 0 unspecified atom stereocenters. The Labute approximate surface area is 147 Å². The fourth-order valence-corrected chi connectivity index (χ4v) is 2.90. The highest BCUT2D eigenvalue weighted by Gasteiger charge is 2.37. The van der Waals surface area contributed by atoms with Crippen molar-refractivity contribution in [3.8, 4) is 5.75 Å². The maximum absolute atomic E-state index is 12.4. The van der Waals surface area contributed by atoms with Gasteiger partial charge in [0.15, 0.2) is 5.78 Å². The van der Waals surface area contributed by atoms with Crippen molar-refractivity contribution in [3.05, 3.63) is 52.6 Å². The molecule has 6 nitrogen and oxygen atoms in total. The van der Waals surface area contributed by atoms with E-state index in [1.807, 2.05) is 19.1 Å². The Hall–Kier alpha value is -2.76. The molecule has 1 aromatic carbocycles. The summed E-state index contributed by atoms with van der Waals surface area (Å²) in [7, 11) is 0. The molecule has 0 spiro atoms. The van der Waals surface area contributed by atoms with Crippen molar-refractivity contribution >= 4 is 11.8 Å². The number of hydrogen-bond acceptors (Lipinski definition) is 6. The summed E-state index contributed by atoms with van der Waals surface area (Å²) >= 11 is 0. The Morgan fingerprint density at radius 2 is 1.76 bits per heavy atom. The molecule has 0 aliphatic carbocycles. The summed E-state index contributed by atoms with van der Waals surface area (Å²) in [5.41, 5.74) is 7.22. The Balaban J connectivity index is 2.56. The molecule has 2 N–H and O–H groups in total. The second-order valence-electron chi connectivity index (χ2n) is 5.56. The maximum Gasteiger partial charge on any atom is 0.340 e. The van der Waals surface area contributed by atoms with E-state index in [-0.39, 0.29) is 23.8 Å². The second-order valence-corrected chi connectivity index (χ2v) is 5.56. The molecule has 0 bridgehead atoms. The molecule has 0 fully saturated rings. The lowest BCUT2D eigenvalue weighted by molar-refractivity contribution is -0.139. The molecule has 1 atom stereocenters. The predicted molar refractivity (Wildman–Crippen MR) is 92.7 cm³/mol. The topological polar surface area (TPSA) is 87.9 Å². The average Bonchev–Trinajstić information content (AvgIpc) is 2.55. The van der Waals surface area contributed by atoms with Gasteiger partial charge >= 0.3 is 5.97 Å². The molecular weight excluding hydrogens is 322 g/mol. The number of Topliss-reactive ketones (excluding diaryl/α,β-unsaturated/α-hetero) is 1. The third-order valence-corrected chi connectivity index (χ3v) is 3.88. The third-order valence-electron chi connectivity index (χ3n) is 3.88. The van der Waals surface area contributed by atoms with Crippen molar-refractivity contribution in [3.63, 3.8) is 0 Å². The second kappa shape index (κ2) is 7.88. The standard InChI is InChI=1S/C19H23NO5/c1-5-23-14-9-7-13(8-10-14)16-15(11(3)21)12(4)25-18(20)17(16)19(22)24-6-2/h7-10,16H,5-6,20H2,1-4H3/t16-/m0/s1. The van der Waals surface area contributed by atoms with Gasteiger partial charge in [-0.05, 0) is 45.4 Å². The number of ether oxygens (including phenoxy) is 3. The minimum absolute atomic E-state index is 0.0418. The Kier molecular flexibility index (Phi) is 5.85. The van der Waals surface area contributed by atoms with Gasteiger partial charge in [-0.1, -0.05) is 12.1 Å². The van der Waals surface area contributed by atoms with Crippen LogP contribution in [0, 0.1) is 0 Å². The molecule has 25 heavy (non-hydrogen) atoms. The first-order valence-corrected chi connectivity index (χ1v) is 8.19. The molecule has 0 radical (unpaired) electrons. The average molecular weight is 345 g/mol. The number of carbonyl (C=O) groups excluding carboxylic acids is 2. The van der Waals surface area contributed by atoms with Crippen LogP contribution in [0.1, 0.15) is 39.2 Å². The van der Waals surface area contributed by atoms with Crippen molar-refractivity contribution < 1.29 is 23.8 Å². The molecule has 134 valence electrons. The van der Waals surface area contributed by atoms with Gasteiger partial charge in [0.2, 0.25) is 5.88 Å². The quantitative estimate of drug-likeness (QED) is 0.798. The Bertz CT molecular complexity index is 731. The molecule has 1 aromatic rings. The third kappa shape index (κ3) is 3.84. The summed E-state index contributed by atoms with van der Waals surface area (Å²) in [5, 5.41) is 0. The fraction of sp³-hybridized carbons (Fsp3) is 0.368. The SMILES string of the molecule is CCOC(=O)C1=C(N)OC(C)=C(C(C)=O)[C@@H]1c1ccc(OCC)cc1. The fourth-order valence-electron chi connectivity index (χ4n) is 2.90. The molecule has 0 saturated heterocycles. The van der Waals surface area contributed by atoms with E-state index >= 15 is 0 Å². The summed E-state index contributed by atoms with van der Waals surface area (Å²) in [6, 6.07) is 7.20. The maximum atomic E-state index is 12.4. The molecule has 0 amide bonds. The first-order chi connectivity index (χ1) is 11.9. The van der Waals surface area contributed by atoms with Crippen LogP contribution in [0.25, 0.3) is 0 Å². The van der Waals surface area contributed by atoms with Crippen LogP contribution < -0.4 is 10.5 Å². The highest BCUT2D eigenvalue weighted by Crippen LogP contribution is 2.40. The molecule has 0 aromatic heterocycles. The van der Waals surface area contributed by atoms with Crippen LogP contribution in [-0.4, -0.2) is 25.0 Å². The largest absolute Gasteiger partial charge is 0.494 e. The normalized spacial score (nSPS) is 17.2. The Morgan fingerprint density at radius 3 is 2.28 bits per heavy atom. The minimum atomic E-state index is -0.638. The summed E-state index contributed by atoms with van der Waals surface area (Å²) < 4.78 is 16.0. The molecule has 1 aliphatic rings. The number of ketones is 1. The van der Waals surface area contributed by atoms with Gasteiger partial charge in [-0.25, -0.2) is 4.79 Å². The summed E-state index contributed by atoms with van der Waals surface area (Å²) in [5.74, 6) is -0.369. The van der Waals surface area contributed by atoms with E-state index in [4.69, 9.17) is 19.9 Å². The van der Waals surface area contributed by atoms with Crippen molar-refractivity contribution in [2.75, 3.05) is 13.2 Å². The molecule has 1 heterocycles. The van der Waals surface area contributed by atoms with Gasteiger partial charge in [0.05, 0.1) is 19.1 Å². The number of rotatable bonds is 6. The van der Waals surface area contributed by atoms with Crippen LogP contribution in [0.5, 0.6) is 5.75 Å². The summed E-state index contributed by atoms with van der Waals surface area (Å²) in [6.45, 7) is 7.45. The van der Waals surface area contributed by atoms with E-state index in [0.717, 1.165) is 5.56 Å². The highest BCUT2D eigenvalue weighted by molar-refractivity contribution is 6.01. The van der Waals surface area contributed by atoms with Gasteiger partial charge in [-0.15, -0.1) is 0 Å². The van der Waals surface area contributed by atoms with Crippen LogP contribution in [0.2, 0.25) is 0 Å². The molecule has 2 rings (SSSR count). The zero-order chi connectivity index (χ0) is 18.6. The Morgan fingerprint density at radius 1 is 1.12 bits per heavy atom. The number of benzene rings is 1. The van der Waals surface area contributed by atoms with Crippen LogP contribution in [0.4, 0.5) is 0 Å². The first-order valence-electron chi connectivity index (χ1n) is 8.19. The van der Waals surface area contributed by atoms with E-state index in [2.05, 4.69) is 0 Å². The van der Waals surface area contributed by atoms with Gasteiger partial charge in [0.1, 0.15) is 17.1 Å². The number of carbonyl (C=O) groups is 2. The zero-order valence-corrected chi connectivity index (χ0v) is 14.9. The lowest BCUT2D eigenvalue weighted by atomic mass is 9.81. The van der Waals surface area contributed by atoms with Gasteiger partial charge in [0.25, 0.3) is 0 Å². The van der Waals surface area contributed by atoms with Gasteiger partial charge < -0.3 is 19.9 Å². The van der Waals surface area contributed by atoms with E-state index in [1.54, 1.807) is 26.0 Å². The number of esters is 1. The summed E-state index contributed by atoms with van der Waals surface area (Å²) in [6.07, 6.45) is 0. The zero-order valence-electron chi connectivity index (χ0n) is 14.9. The van der Waals surface area contributed by atoms with Gasteiger partial charge in [0, 0.05) is 5.57 Å². The van der Waals surface area contributed by atoms with E-state index in [1.165, 1.54) is 6.92 Å². The van der Waals surface area contributed by atoms with Crippen molar-refractivity contribution in [1.29, 1.82) is 0 Å². The van der Waals surface area contributed by atoms with Crippen LogP contribution in [-0.2, 0) is 19.1 Å². The van der Waals surface area contributed by atoms with Gasteiger partial charge in [-0.3, -0.25) is 4.79 Å². The lowest BCUT2D eigenvalue weighted by Gasteiger charge is -2.28. The summed E-state index contributed by atoms with van der Waals surface area (Å²) in [4.78, 5) is 24.7. The van der Waals surface area contributed by atoms with E-state index in [9.17, 15) is 9.59 Å². The van der Waals surface area contributed by atoms with Crippen LogP contribution in [0.15, 0.2) is 47.1 Å². The number of allylic oxidation sites excluding steroid dienone is 2. The number of nitrogens with two attached hydrogens (primary N) is 1. The van der Waals surface area contributed by atoms with Crippen molar-refractivity contribution in [2.24, 2.45) is 5.73 Å². The number of hydrogen-bond donors (Lipinski definition) is 1. The molecule has 1 aliphatic heterocycles. The van der Waals surface area contributed by atoms with E-state index in [0.29, 0.717) is 23.7 Å². The smallest absolute Gasteiger partial charge is 0.340 e. The van der Waals surface area contributed by atoms with E-state index < -0.39 is 11.9 Å². The van der Waals surface area contributed by atoms with Gasteiger partial charge in [-0.2, -0.15) is 0 Å². The van der Waals surface area contributed by atoms with Crippen molar-refractivity contribution in [2.45, 2.75) is 33.6 Å². The molecule has 6 heteroatoms. The minimum Gasteiger partial charge on any atom is -0.494 e. The van der Waals surface area contributed by atoms with Crippen LogP contribution in [0.3, 0.4) is 0 Å². The van der Waals surface area contributed by atoms with Crippen molar-refractivity contribution in [1.82, 2.24) is 0 Å².